The highest BCUT2D eigenvalue weighted by Gasteiger charge is 2.20. The average Bonchev–Trinajstić information content (AvgIpc) is 3.25. The third kappa shape index (κ3) is 3.72. The molecule has 1 fully saturated rings. The van der Waals surface area contributed by atoms with Crippen LogP contribution in [0.3, 0.4) is 0 Å². The lowest BCUT2D eigenvalue weighted by Crippen LogP contribution is -2.15. The van der Waals surface area contributed by atoms with Gasteiger partial charge >= 0.3 is 0 Å². The van der Waals surface area contributed by atoms with Crippen molar-refractivity contribution in [2.24, 2.45) is 0 Å². The van der Waals surface area contributed by atoms with Gasteiger partial charge in [0.05, 0.1) is 5.02 Å². The Hall–Kier alpha value is -1.03. The monoisotopic (exact) mass is 290 g/mol. The molecule has 0 bridgehead atoms. The predicted octanol–water partition coefficient (Wildman–Crippen LogP) is 4.14. The normalized spacial score (nSPS) is 14.6. The van der Waals surface area contributed by atoms with Crippen LogP contribution in [0.4, 0.5) is 0 Å². The molecule has 0 atom stereocenters. The van der Waals surface area contributed by atoms with Crippen LogP contribution in [0.1, 0.15) is 18.4 Å². The summed E-state index contributed by atoms with van der Waals surface area (Å²) in [6.07, 6.45) is 4.32. The Labute approximate surface area is 122 Å². The smallest absolute Gasteiger partial charge is 0.101 e. The molecular formula is C15H15ClN2S. The van der Waals surface area contributed by atoms with E-state index in [0.29, 0.717) is 5.02 Å². The van der Waals surface area contributed by atoms with Gasteiger partial charge in [-0.25, -0.2) is 4.98 Å². The molecule has 2 aromatic rings. The molecule has 0 unspecified atom stereocenters. The Morgan fingerprint density at radius 1 is 1.21 bits per heavy atom. The third-order valence-electron chi connectivity index (χ3n) is 3.05. The van der Waals surface area contributed by atoms with Crippen molar-refractivity contribution in [1.29, 1.82) is 0 Å². The molecular weight excluding hydrogens is 276 g/mol. The average molecular weight is 291 g/mol. The highest BCUT2D eigenvalue weighted by molar-refractivity contribution is 7.99. The number of rotatable bonds is 5. The summed E-state index contributed by atoms with van der Waals surface area (Å²) in [5, 5.41) is 5.20. The molecule has 1 heterocycles. The molecule has 1 aliphatic rings. The Morgan fingerprint density at radius 2 is 2.05 bits per heavy atom. The van der Waals surface area contributed by atoms with Gasteiger partial charge in [0, 0.05) is 23.7 Å². The first kappa shape index (κ1) is 13.0. The maximum atomic E-state index is 5.86. The zero-order valence-electron chi connectivity index (χ0n) is 10.5. The van der Waals surface area contributed by atoms with Crippen LogP contribution in [0.2, 0.25) is 5.02 Å². The first-order chi connectivity index (χ1) is 9.31. The van der Waals surface area contributed by atoms with Gasteiger partial charge in [0.25, 0.3) is 0 Å². The van der Waals surface area contributed by atoms with Crippen molar-refractivity contribution >= 4 is 23.4 Å². The molecule has 1 N–H and O–H groups in total. The van der Waals surface area contributed by atoms with Crippen LogP contribution < -0.4 is 5.32 Å². The van der Waals surface area contributed by atoms with Crippen LogP contribution in [-0.2, 0) is 6.54 Å². The molecule has 1 aliphatic carbocycles. The minimum atomic E-state index is 0.674. The Balaban J connectivity index is 1.73. The zero-order chi connectivity index (χ0) is 13.1. The van der Waals surface area contributed by atoms with Crippen LogP contribution in [0.15, 0.2) is 52.5 Å². The van der Waals surface area contributed by atoms with E-state index in [1.165, 1.54) is 23.3 Å². The molecule has 3 rings (SSSR count). The molecule has 0 radical (unpaired) electrons. The second-order valence-corrected chi connectivity index (χ2v) is 6.18. The van der Waals surface area contributed by atoms with Crippen molar-refractivity contribution < 1.29 is 0 Å². The van der Waals surface area contributed by atoms with Crippen molar-refractivity contribution in [3.8, 4) is 0 Å². The van der Waals surface area contributed by atoms with Crippen LogP contribution in [0.25, 0.3) is 0 Å². The second kappa shape index (κ2) is 5.95. The summed E-state index contributed by atoms with van der Waals surface area (Å²) in [5.74, 6) is 0. The molecule has 1 aromatic heterocycles. The molecule has 0 amide bonds. The molecule has 0 aliphatic heterocycles. The molecule has 1 aromatic carbocycles. The summed E-state index contributed by atoms with van der Waals surface area (Å²) in [4.78, 5) is 5.59. The fourth-order valence-corrected chi connectivity index (χ4v) is 2.82. The van der Waals surface area contributed by atoms with E-state index >= 15 is 0 Å². The highest BCUT2D eigenvalue weighted by Crippen LogP contribution is 2.30. The minimum absolute atomic E-state index is 0.674. The van der Waals surface area contributed by atoms with E-state index in [2.05, 4.69) is 34.6 Å². The molecule has 98 valence electrons. The van der Waals surface area contributed by atoms with Crippen molar-refractivity contribution in [1.82, 2.24) is 10.3 Å². The van der Waals surface area contributed by atoms with Crippen molar-refractivity contribution in [3.63, 3.8) is 0 Å². The van der Waals surface area contributed by atoms with E-state index in [4.69, 9.17) is 11.6 Å². The number of hydrogen-bond acceptors (Lipinski definition) is 3. The summed E-state index contributed by atoms with van der Waals surface area (Å²) in [5.41, 5.74) is 1.33. The van der Waals surface area contributed by atoms with E-state index < -0.39 is 0 Å². The molecule has 2 nitrogen and oxygen atoms in total. The number of benzene rings is 1. The van der Waals surface area contributed by atoms with E-state index in [9.17, 15) is 0 Å². The van der Waals surface area contributed by atoms with Gasteiger partial charge in [0.15, 0.2) is 0 Å². The topological polar surface area (TPSA) is 24.9 Å². The Kier molecular flexibility index (Phi) is 4.06. The summed E-state index contributed by atoms with van der Waals surface area (Å²) in [7, 11) is 0. The summed E-state index contributed by atoms with van der Waals surface area (Å²) < 4.78 is 0. The van der Waals surface area contributed by atoms with Crippen LogP contribution in [-0.4, -0.2) is 11.0 Å². The molecule has 1 saturated carbocycles. The van der Waals surface area contributed by atoms with Gasteiger partial charge in [-0.3, -0.25) is 0 Å². The molecule has 0 saturated heterocycles. The van der Waals surface area contributed by atoms with Gasteiger partial charge in [-0.05, 0) is 36.6 Å². The second-order valence-electron chi connectivity index (χ2n) is 4.68. The fraction of sp³-hybridized carbons (Fsp3) is 0.267. The first-order valence-corrected chi connectivity index (χ1v) is 7.61. The van der Waals surface area contributed by atoms with E-state index in [1.807, 2.05) is 12.1 Å². The summed E-state index contributed by atoms with van der Waals surface area (Å²) in [6.45, 7) is 0.932. The molecule has 4 heteroatoms. The van der Waals surface area contributed by atoms with E-state index in [0.717, 1.165) is 17.6 Å². The van der Waals surface area contributed by atoms with E-state index in [1.54, 1.807) is 18.0 Å². The lowest BCUT2D eigenvalue weighted by molar-refractivity contribution is 0.680. The summed E-state index contributed by atoms with van der Waals surface area (Å²) >= 11 is 7.54. The Morgan fingerprint density at radius 3 is 2.79 bits per heavy atom. The largest absolute Gasteiger partial charge is 0.310 e. The van der Waals surface area contributed by atoms with Gasteiger partial charge in [-0.1, -0.05) is 41.6 Å². The van der Waals surface area contributed by atoms with Gasteiger partial charge in [0.2, 0.25) is 0 Å². The quantitative estimate of drug-likeness (QED) is 0.896. The lowest BCUT2D eigenvalue weighted by Gasteiger charge is -2.09. The number of pyridine rings is 1. The van der Waals surface area contributed by atoms with Crippen molar-refractivity contribution in [2.45, 2.75) is 35.3 Å². The Bertz CT molecular complexity index is 552. The number of halogens is 1. The van der Waals surface area contributed by atoms with Gasteiger partial charge in [0.1, 0.15) is 5.03 Å². The maximum Gasteiger partial charge on any atom is 0.101 e. The standard InChI is InChI=1S/C15H15ClN2S/c16-12-5-8-15(18-10-12)19-14-4-2-1-3-11(14)9-17-13-6-7-13/h1-5,8,10,13,17H,6-7,9H2. The zero-order valence-corrected chi connectivity index (χ0v) is 12.0. The fourth-order valence-electron chi connectivity index (χ4n) is 1.83. The SMILES string of the molecule is Clc1ccc(Sc2ccccc2CNC2CC2)nc1. The third-order valence-corrected chi connectivity index (χ3v) is 4.34. The first-order valence-electron chi connectivity index (χ1n) is 6.42. The number of nitrogens with one attached hydrogen (secondary N) is 1. The van der Waals surface area contributed by atoms with Crippen molar-refractivity contribution in [3.05, 3.63) is 53.2 Å². The highest BCUT2D eigenvalue weighted by atomic mass is 35.5. The van der Waals surface area contributed by atoms with Gasteiger partial charge < -0.3 is 5.32 Å². The van der Waals surface area contributed by atoms with Gasteiger partial charge in [-0.15, -0.1) is 0 Å². The van der Waals surface area contributed by atoms with Gasteiger partial charge in [-0.2, -0.15) is 0 Å². The lowest BCUT2D eigenvalue weighted by atomic mass is 10.2. The maximum absolute atomic E-state index is 5.86. The van der Waals surface area contributed by atoms with Crippen LogP contribution in [0, 0.1) is 0 Å². The predicted molar refractivity (Wildman–Crippen MR) is 79.7 cm³/mol. The number of hydrogen-bond donors (Lipinski definition) is 1. The minimum Gasteiger partial charge on any atom is -0.310 e. The van der Waals surface area contributed by atoms with Crippen molar-refractivity contribution in [2.75, 3.05) is 0 Å². The number of nitrogens with zero attached hydrogens (tertiary/aromatic N) is 1. The number of aromatic nitrogens is 1. The molecule has 19 heavy (non-hydrogen) atoms. The van der Waals surface area contributed by atoms with E-state index in [-0.39, 0.29) is 0 Å². The summed E-state index contributed by atoms with van der Waals surface area (Å²) in [6, 6.07) is 13.0. The van der Waals surface area contributed by atoms with Crippen LogP contribution >= 0.6 is 23.4 Å². The molecule has 0 spiro atoms. The van der Waals surface area contributed by atoms with Crippen LogP contribution in [0.5, 0.6) is 0 Å².